The molecule has 1 aromatic rings. The van der Waals surface area contributed by atoms with Crippen LogP contribution < -0.4 is 0 Å². The summed E-state index contributed by atoms with van der Waals surface area (Å²) in [7, 11) is 2.29. The molecular weight excluding hydrogens is 196 g/mol. The van der Waals surface area contributed by atoms with Gasteiger partial charge in [-0.2, -0.15) is 0 Å². The summed E-state index contributed by atoms with van der Waals surface area (Å²) < 4.78 is 0. The maximum absolute atomic E-state index is 4.57. The van der Waals surface area contributed by atoms with Crippen LogP contribution in [0, 0.1) is 6.92 Å². The van der Waals surface area contributed by atoms with Gasteiger partial charge >= 0.3 is 0 Å². The van der Waals surface area contributed by atoms with E-state index in [4.69, 9.17) is 0 Å². The minimum absolute atomic E-state index is 0.531. The molecule has 0 saturated heterocycles. The Morgan fingerprint density at radius 2 is 2.23 bits per heavy atom. The Morgan fingerprint density at radius 1 is 1.54 bits per heavy atom. The third-order valence-corrected chi connectivity index (χ3v) is 4.77. The van der Waals surface area contributed by atoms with E-state index in [9.17, 15) is 0 Å². The molecule has 0 saturated carbocycles. The Labute approximate surface area is 83.9 Å². The van der Waals surface area contributed by atoms with Gasteiger partial charge in [-0.05, 0) is 30.6 Å². The van der Waals surface area contributed by atoms with Crippen molar-refractivity contribution in [1.29, 1.82) is 0 Å². The van der Waals surface area contributed by atoms with Crippen LogP contribution in [0.4, 0.5) is 0 Å². The van der Waals surface area contributed by atoms with Gasteiger partial charge < -0.3 is 0 Å². The van der Waals surface area contributed by atoms with Gasteiger partial charge in [0, 0.05) is 17.6 Å². The van der Waals surface area contributed by atoms with Crippen LogP contribution in [0.3, 0.4) is 0 Å². The molecule has 0 fully saturated rings. The van der Waals surface area contributed by atoms with Crippen LogP contribution in [0.15, 0.2) is 10.8 Å². The third-order valence-electron chi connectivity index (χ3n) is 2.09. The van der Waals surface area contributed by atoms with Crippen LogP contribution in [0.25, 0.3) is 0 Å². The highest BCUT2D eigenvalue weighted by Crippen LogP contribution is 2.28. The zero-order chi connectivity index (χ0) is 9.68. The van der Waals surface area contributed by atoms with E-state index in [2.05, 4.69) is 37.8 Å². The summed E-state index contributed by atoms with van der Waals surface area (Å²) in [5.74, 6) is 2.28. The SMILES string of the molecule is CCC(CC)/N=C/c1cpc(C)[pH]1. The second-order valence-corrected chi connectivity index (χ2v) is 6.36. The minimum Gasteiger partial charge on any atom is -0.289 e. The number of aryl methyl sites for hydroxylation is 1. The lowest BCUT2D eigenvalue weighted by Gasteiger charge is -2.03. The first-order valence-electron chi connectivity index (χ1n) is 4.81. The molecule has 0 N–H and O–H groups in total. The van der Waals surface area contributed by atoms with Gasteiger partial charge in [-0.3, -0.25) is 4.99 Å². The Morgan fingerprint density at radius 3 is 2.69 bits per heavy atom. The van der Waals surface area contributed by atoms with Crippen molar-refractivity contribution in [1.82, 2.24) is 0 Å². The van der Waals surface area contributed by atoms with Crippen molar-refractivity contribution in [3.05, 3.63) is 16.1 Å². The molecule has 0 amide bonds. The summed E-state index contributed by atoms with van der Waals surface area (Å²) in [6.45, 7) is 6.62. The number of rotatable bonds is 4. The molecular formula is C10H17NP2. The van der Waals surface area contributed by atoms with Crippen molar-refractivity contribution in [2.45, 2.75) is 39.7 Å². The standard InChI is InChI=1S/C10H17NP2/c1-4-9(5-2)11-6-10-7-12-8(3)13-10/h6-7,9,13H,4-5H2,1-3H3/b11-6+. The van der Waals surface area contributed by atoms with Crippen LogP contribution in [0.1, 0.15) is 37.0 Å². The Kier molecular flexibility index (Phi) is 4.70. The normalized spacial score (nSPS) is 12.9. The average molecular weight is 213 g/mol. The predicted octanol–water partition coefficient (Wildman–Crippen LogP) is 4.21. The number of nitrogens with zero attached hydrogens (tertiary/aromatic N) is 1. The van der Waals surface area contributed by atoms with E-state index in [-0.39, 0.29) is 0 Å². The van der Waals surface area contributed by atoms with E-state index in [1.165, 1.54) is 13.5 Å². The highest BCUT2D eigenvalue weighted by atomic mass is 31.1. The largest absolute Gasteiger partial charge is 0.289 e. The Bertz CT molecular complexity index is 274. The molecule has 1 unspecified atom stereocenters. The highest BCUT2D eigenvalue weighted by Gasteiger charge is 1.98. The Hall–Kier alpha value is -0.120. The Balaban J connectivity index is 2.57. The lowest BCUT2D eigenvalue weighted by molar-refractivity contribution is 0.634. The summed E-state index contributed by atoms with van der Waals surface area (Å²) in [4.78, 5) is 4.57. The number of hydrogen-bond donors (Lipinski definition) is 0. The zero-order valence-electron chi connectivity index (χ0n) is 8.54. The van der Waals surface area contributed by atoms with Crippen LogP contribution in [0.5, 0.6) is 0 Å². The molecule has 0 aliphatic rings. The quantitative estimate of drug-likeness (QED) is 0.664. The summed E-state index contributed by atoms with van der Waals surface area (Å²) in [5.41, 5.74) is 0. The molecule has 1 aromatic heterocycles. The van der Waals surface area contributed by atoms with Gasteiger partial charge in [-0.15, -0.1) is 8.19 Å². The fourth-order valence-electron chi connectivity index (χ4n) is 1.19. The van der Waals surface area contributed by atoms with E-state index >= 15 is 0 Å². The molecule has 0 radical (unpaired) electrons. The number of aliphatic imine (C=N–C) groups is 1. The first-order chi connectivity index (χ1) is 6.26. The first kappa shape index (κ1) is 11.0. The maximum atomic E-state index is 4.57. The molecule has 1 heterocycles. The van der Waals surface area contributed by atoms with Gasteiger partial charge in [-0.1, -0.05) is 22.0 Å². The first-order valence-corrected chi connectivity index (χ1v) is 6.77. The van der Waals surface area contributed by atoms with Crippen molar-refractivity contribution in [3.63, 3.8) is 0 Å². The molecule has 13 heavy (non-hydrogen) atoms. The lowest BCUT2D eigenvalue weighted by Crippen LogP contribution is -1.99. The topological polar surface area (TPSA) is 12.4 Å². The molecule has 0 spiro atoms. The third kappa shape index (κ3) is 3.63. The van der Waals surface area contributed by atoms with E-state index < -0.39 is 0 Å². The van der Waals surface area contributed by atoms with E-state index in [1.54, 1.807) is 5.03 Å². The van der Waals surface area contributed by atoms with Crippen molar-refractivity contribution >= 4 is 22.6 Å². The number of hydrogen-bond acceptors (Lipinski definition) is 1. The lowest BCUT2D eigenvalue weighted by atomic mass is 10.2. The minimum atomic E-state index is 0.531. The fourth-order valence-corrected chi connectivity index (χ4v) is 3.44. The van der Waals surface area contributed by atoms with Crippen LogP contribution >= 0.6 is 16.4 Å². The molecule has 1 atom stereocenters. The molecule has 0 aliphatic heterocycles. The smallest absolute Gasteiger partial charge is 0.0494 e. The van der Waals surface area contributed by atoms with Gasteiger partial charge in [0.15, 0.2) is 0 Å². The van der Waals surface area contributed by atoms with Gasteiger partial charge in [0.25, 0.3) is 0 Å². The maximum Gasteiger partial charge on any atom is 0.0494 e. The van der Waals surface area contributed by atoms with Gasteiger partial charge in [-0.25, -0.2) is 0 Å². The van der Waals surface area contributed by atoms with Gasteiger partial charge in [0.1, 0.15) is 0 Å². The predicted molar refractivity (Wildman–Crippen MR) is 65.2 cm³/mol. The van der Waals surface area contributed by atoms with Gasteiger partial charge in [0.05, 0.1) is 0 Å². The van der Waals surface area contributed by atoms with Crippen molar-refractivity contribution in [2.24, 2.45) is 4.99 Å². The summed E-state index contributed by atoms with van der Waals surface area (Å²) in [5, 5.41) is 2.98. The summed E-state index contributed by atoms with van der Waals surface area (Å²) >= 11 is 0. The fraction of sp³-hybridized carbons (Fsp3) is 0.600. The highest BCUT2D eigenvalue weighted by molar-refractivity contribution is 7.50. The molecule has 1 rings (SSSR count). The molecule has 1 nitrogen and oxygen atoms in total. The summed E-state index contributed by atoms with van der Waals surface area (Å²) in [6, 6.07) is 0.531. The molecule has 0 aliphatic carbocycles. The van der Waals surface area contributed by atoms with E-state index in [0.717, 1.165) is 21.0 Å². The average Bonchev–Trinajstić information content (AvgIpc) is 2.53. The molecule has 0 aromatic carbocycles. The van der Waals surface area contributed by atoms with E-state index in [0.29, 0.717) is 6.04 Å². The monoisotopic (exact) mass is 213 g/mol. The zero-order valence-corrected chi connectivity index (χ0v) is 10.4. The van der Waals surface area contributed by atoms with Crippen molar-refractivity contribution < 1.29 is 0 Å². The molecule has 0 bridgehead atoms. The van der Waals surface area contributed by atoms with E-state index in [1.807, 2.05) is 0 Å². The second-order valence-electron chi connectivity index (χ2n) is 3.17. The summed E-state index contributed by atoms with van der Waals surface area (Å²) in [6.07, 6.45) is 4.40. The van der Waals surface area contributed by atoms with Gasteiger partial charge in [0.2, 0.25) is 0 Å². The second kappa shape index (κ2) is 5.58. The van der Waals surface area contributed by atoms with Crippen molar-refractivity contribution in [3.8, 4) is 0 Å². The van der Waals surface area contributed by atoms with Crippen LogP contribution in [-0.2, 0) is 0 Å². The van der Waals surface area contributed by atoms with Crippen LogP contribution in [0.2, 0.25) is 0 Å². The van der Waals surface area contributed by atoms with Crippen molar-refractivity contribution in [2.75, 3.05) is 0 Å². The van der Waals surface area contributed by atoms with Crippen LogP contribution in [-0.4, -0.2) is 12.3 Å². The molecule has 72 valence electrons. The molecule has 3 heteroatoms.